The Morgan fingerprint density at radius 2 is 1.84 bits per heavy atom. The van der Waals surface area contributed by atoms with Crippen molar-refractivity contribution in [2.45, 2.75) is 12.1 Å². The standard InChI is InChI=1S/C26H23N3O3/c1-30-18-9-10-21(31-2)19(12-18)23-20(13-27)26(28)32-22-14-29-25(24(22)23)17-8-7-15-5-3-4-6-16(15)11-17/h3-12,20,23,26H,14,28H2,1-2H3. The molecule has 0 saturated heterocycles. The van der Waals surface area contributed by atoms with Gasteiger partial charge in [-0.15, -0.1) is 0 Å². The van der Waals surface area contributed by atoms with E-state index < -0.39 is 12.1 Å². The highest BCUT2D eigenvalue weighted by Gasteiger charge is 2.44. The quantitative estimate of drug-likeness (QED) is 0.678. The number of ether oxygens (including phenoxy) is 3. The van der Waals surface area contributed by atoms with Crippen LogP contribution in [0.5, 0.6) is 11.5 Å². The molecule has 0 saturated carbocycles. The lowest BCUT2D eigenvalue weighted by molar-refractivity contribution is 0.0635. The Balaban J connectivity index is 1.69. The van der Waals surface area contributed by atoms with Gasteiger partial charge in [-0.2, -0.15) is 5.26 Å². The summed E-state index contributed by atoms with van der Waals surface area (Å²) in [5, 5.41) is 12.3. The zero-order chi connectivity index (χ0) is 22.2. The number of fused-ring (bicyclic) bond motifs is 1. The highest BCUT2D eigenvalue weighted by atomic mass is 16.5. The van der Waals surface area contributed by atoms with Gasteiger partial charge in [-0.05, 0) is 35.0 Å². The van der Waals surface area contributed by atoms with E-state index >= 15 is 0 Å². The molecule has 6 heteroatoms. The minimum atomic E-state index is -0.759. The van der Waals surface area contributed by atoms with Crippen molar-refractivity contribution in [3.63, 3.8) is 0 Å². The first-order valence-corrected chi connectivity index (χ1v) is 10.5. The summed E-state index contributed by atoms with van der Waals surface area (Å²) < 4.78 is 17.1. The van der Waals surface area contributed by atoms with Crippen molar-refractivity contribution in [3.8, 4) is 17.6 Å². The molecule has 3 atom stereocenters. The molecule has 5 rings (SSSR count). The fraction of sp³-hybridized carbons (Fsp3) is 0.231. The van der Waals surface area contributed by atoms with E-state index in [1.807, 2.05) is 30.3 Å². The molecule has 2 heterocycles. The van der Waals surface area contributed by atoms with E-state index in [0.29, 0.717) is 23.8 Å². The van der Waals surface area contributed by atoms with Crippen LogP contribution in [-0.4, -0.2) is 32.7 Å². The molecular weight excluding hydrogens is 402 g/mol. The molecule has 6 nitrogen and oxygen atoms in total. The Hall–Kier alpha value is -3.82. The van der Waals surface area contributed by atoms with E-state index in [0.717, 1.165) is 33.2 Å². The molecule has 2 N–H and O–H groups in total. The zero-order valence-electron chi connectivity index (χ0n) is 17.9. The fourth-order valence-corrected chi connectivity index (χ4v) is 4.64. The van der Waals surface area contributed by atoms with Crippen LogP contribution >= 0.6 is 0 Å². The van der Waals surface area contributed by atoms with Crippen LogP contribution in [0.25, 0.3) is 10.8 Å². The largest absolute Gasteiger partial charge is 0.497 e. The average Bonchev–Trinajstić information content (AvgIpc) is 3.25. The summed E-state index contributed by atoms with van der Waals surface area (Å²) in [5.41, 5.74) is 9.82. The summed E-state index contributed by atoms with van der Waals surface area (Å²) in [4.78, 5) is 4.81. The van der Waals surface area contributed by atoms with Crippen LogP contribution < -0.4 is 15.2 Å². The summed E-state index contributed by atoms with van der Waals surface area (Å²) in [6.07, 6.45) is -0.759. The number of hydrogen-bond donors (Lipinski definition) is 1. The molecule has 0 aromatic heterocycles. The van der Waals surface area contributed by atoms with Gasteiger partial charge >= 0.3 is 0 Å². The van der Waals surface area contributed by atoms with Crippen LogP contribution in [0.4, 0.5) is 0 Å². The zero-order valence-corrected chi connectivity index (χ0v) is 17.9. The number of methoxy groups -OCH3 is 2. The monoisotopic (exact) mass is 425 g/mol. The van der Waals surface area contributed by atoms with Crippen molar-refractivity contribution >= 4 is 16.5 Å². The highest BCUT2D eigenvalue weighted by molar-refractivity contribution is 6.16. The lowest BCUT2D eigenvalue weighted by atomic mass is 9.75. The predicted molar refractivity (Wildman–Crippen MR) is 123 cm³/mol. The lowest BCUT2D eigenvalue weighted by Gasteiger charge is -2.35. The van der Waals surface area contributed by atoms with Gasteiger partial charge in [0.05, 0.1) is 32.5 Å². The first-order chi connectivity index (χ1) is 15.6. The third-order valence-corrected chi connectivity index (χ3v) is 6.18. The van der Waals surface area contributed by atoms with Gasteiger partial charge in [0, 0.05) is 22.6 Å². The topological polar surface area (TPSA) is 89.9 Å². The van der Waals surface area contributed by atoms with E-state index in [-0.39, 0.29) is 5.92 Å². The second kappa shape index (κ2) is 8.03. The van der Waals surface area contributed by atoms with Gasteiger partial charge < -0.3 is 14.2 Å². The maximum absolute atomic E-state index is 10.1. The van der Waals surface area contributed by atoms with E-state index in [2.05, 4.69) is 36.4 Å². The second-order valence-corrected chi connectivity index (χ2v) is 7.89. The summed E-state index contributed by atoms with van der Waals surface area (Å²) in [6, 6.07) is 22.5. The molecule has 0 bridgehead atoms. The molecule has 160 valence electrons. The van der Waals surface area contributed by atoms with E-state index in [9.17, 15) is 5.26 Å². The lowest BCUT2D eigenvalue weighted by Crippen LogP contribution is -2.41. The highest BCUT2D eigenvalue weighted by Crippen LogP contribution is 2.47. The van der Waals surface area contributed by atoms with Crippen molar-refractivity contribution in [1.82, 2.24) is 0 Å². The van der Waals surface area contributed by atoms with Crippen LogP contribution in [0, 0.1) is 17.2 Å². The Bertz CT molecular complexity index is 1310. The van der Waals surface area contributed by atoms with E-state index in [4.69, 9.17) is 24.9 Å². The Morgan fingerprint density at radius 3 is 2.59 bits per heavy atom. The predicted octanol–water partition coefficient (Wildman–Crippen LogP) is 4.15. The first-order valence-electron chi connectivity index (χ1n) is 10.5. The molecule has 2 aliphatic rings. The molecule has 0 amide bonds. The molecule has 0 fully saturated rings. The Labute approximate surface area is 186 Å². The molecule has 3 aromatic rings. The Morgan fingerprint density at radius 1 is 1.03 bits per heavy atom. The maximum Gasteiger partial charge on any atom is 0.164 e. The molecule has 3 aromatic carbocycles. The SMILES string of the molecule is COc1ccc(OC)c(C2C3=C(CN=C3c3ccc4ccccc4c3)OC(N)C2C#N)c1. The number of benzene rings is 3. The second-order valence-electron chi connectivity index (χ2n) is 7.89. The van der Waals surface area contributed by atoms with Crippen molar-refractivity contribution in [2.24, 2.45) is 16.6 Å². The molecule has 0 spiro atoms. The molecule has 3 unspecified atom stereocenters. The average molecular weight is 425 g/mol. The fourth-order valence-electron chi connectivity index (χ4n) is 4.64. The summed E-state index contributed by atoms with van der Waals surface area (Å²) in [6.45, 7) is 0.395. The van der Waals surface area contributed by atoms with Crippen molar-refractivity contribution in [3.05, 3.63) is 83.1 Å². The number of rotatable bonds is 4. The number of nitrogens with zero attached hydrogens (tertiary/aromatic N) is 2. The molecule has 2 aliphatic heterocycles. The smallest absolute Gasteiger partial charge is 0.164 e. The van der Waals surface area contributed by atoms with Crippen LogP contribution in [0.3, 0.4) is 0 Å². The van der Waals surface area contributed by atoms with E-state index in [1.54, 1.807) is 14.2 Å². The summed E-state index contributed by atoms with van der Waals surface area (Å²) in [7, 11) is 3.24. The third kappa shape index (κ3) is 3.19. The number of nitriles is 1. The minimum Gasteiger partial charge on any atom is -0.497 e. The van der Waals surface area contributed by atoms with Gasteiger partial charge in [-0.1, -0.05) is 36.4 Å². The normalized spacial score (nSPS) is 22.1. The molecule has 32 heavy (non-hydrogen) atoms. The van der Waals surface area contributed by atoms with Gasteiger partial charge in [0.2, 0.25) is 0 Å². The molecule has 0 aliphatic carbocycles. The van der Waals surface area contributed by atoms with Gasteiger partial charge in [-0.25, -0.2) is 0 Å². The summed E-state index contributed by atoms with van der Waals surface area (Å²) >= 11 is 0. The van der Waals surface area contributed by atoms with Gasteiger partial charge in [0.15, 0.2) is 6.23 Å². The summed E-state index contributed by atoms with van der Waals surface area (Å²) in [5.74, 6) is 1.08. The molecular formula is C26H23N3O3. The van der Waals surface area contributed by atoms with E-state index in [1.165, 1.54) is 0 Å². The Kier molecular flexibility index (Phi) is 5.04. The van der Waals surface area contributed by atoms with Crippen molar-refractivity contribution < 1.29 is 14.2 Å². The van der Waals surface area contributed by atoms with Crippen LogP contribution in [-0.2, 0) is 4.74 Å². The number of aliphatic imine (C=N–C) groups is 1. The minimum absolute atomic E-state index is 0.364. The van der Waals surface area contributed by atoms with Gasteiger partial charge in [-0.3, -0.25) is 10.7 Å². The molecule has 0 radical (unpaired) electrons. The number of allylic oxidation sites excluding steroid dienone is 1. The van der Waals surface area contributed by atoms with Crippen LogP contribution in [0.1, 0.15) is 17.0 Å². The van der Waals surface area contributed by atoms with Crippen molar-refractivity contribution in [2.75, 3.05) is 20.8 Å². The van der Waals surface area contributed by atoms with Crippen LogP contribution in [0.2, 0.25) is 0 Å². The third-order valence-electron chi connectivity index (χ3n) is 6.18. The first kappa shape index (κ1) is 20.1. The van der Waals surface area contributed by atoms with Crippen LogP contribution in [0.15, 0.2) is 77.0 Å². The van der Waals surface area contributed by atoms with Crippen molar-refractivity contribution in [1.29, 1.82) is 5.26 Å². The van der Waals surface area contributed by atoms with Gasteiger partial charge in [0.1, 0.15) is 23.2 Å². The number of hydrogen-bond acceptors (Lipinski definition) is 6. The maximum atomic E-state index is 10.1. The number of nitrogens with two attached hydrogens (primary N) is 1. The van der Waals surface area contributed by atoms with Gasteiger partial charge in [0.25, 0.3) is 0 Å².